The number of aliphatic carboxylic acids is 1. The highest BCUT2D eigenvalue weighted by Gasteiger charge is 2.20. The predicted octanol–water partition coefficient (Wildman–Crippen LogP) is 2.82. The zero-order chi connectivity index (χ0) is 30.8. The van der Waals surface area contributed by atoms with Gasteiger partial charge in [0.2, 0.25) is 5.91 Å². The number of nitrogen functional groups attached to an aromatic ring is 1. The standard InChI is InChI=1S/C31H40N6O6/c1-35(15-17-42-3)20-27(38)36(19-22-8-6-9-23(18-22)43-21-28(39)40)13-7-14-37-26(12-16-41-2)34-29-30(37)24-10-4-5-11-25(24)33-31(29)32/h4-6,8-11,18H,7,12-17,19-21H2,1-3H3,(H2,32,33)(H,39,40). The number of amides is 1. The summed E-state index contributed by atoms with van der Waals surface area (Å²) in [4.78, 5) is 37.6. The quantitative estimate of drug-likeness (QED) is 0.188. The van der Waals surface area contributed by atoms with Crippen LogP contribution in [0.25, 0.3) is 21.9 Å². The Hall–Kier alpha value is -4.26. The number of methoxy groups -OCH3 is 2. The van der Waals surface area contributed by atoms with Crippen LogP contribution in [0.5, 0.6) is 5.75 Å². The highest BCUT2D eigenvalue weighted by atomic mass is 16.5. The molecule has 12 heteroatoms. The van der Waals surface area contributed by atoms with Crippen molar-refractivity contribution in [1.29, 1.82) is 0 Å². The second-order valence-electron chi connectivity index (χ2n) is 10.4. The van der Waals surface area contributed by atoms with Crippen LogP contribution < -0.4 is 10.5 Å². The largest absolute Gasteiger partial charge is 0.482 e. The molecule has 2 aromatic carbocycles. The lowest BCUT2D eigenvalue weighted by atomic mass is 10.1. The summed E-state index contributed by atoms with van der Waals surface area (Å²) in [6.45, 7) is 2.90. The van der Waals surface area contributed by atoms with Gasteiger partial charge in [0.15, 0.2) is 12.4 Å². The molecule has 0 aliphatic heterocycles. The van der Waals surface area contributed by atoms with Gasteiger partial charge in [0, 0.05) is 52.2 Å². The molecule has 0 unspecified atom stereocenters. The Kier molecular flexibility index (Phi) is 11.3. The van der Waals surface area contributed by atoms with Crippen LogP contribution in [0, 0.1) is 0 Å². The Labute approximate surface area is 251 Å². The van der Waals surface area contributed by atoms with E-state index in [-0.39, 0.29) is 12.5 Å². The molecule has 0 saturated carbocycles. The van der Waals surface area contributed by atoms with Crippen molar-refractivity contribution in [3.8, 4) is 5.75 Å². The van der Waals surface area contributed by atoms with Crippen molar-refractivity contribution in [1.82, 2.24) is 24.3 Å². The van der Waals surface area contributed by atoms with E-state index in [0.717, 1.165) is 27.8 Å². The van der Waals surface area contributed by atoms with Gasteiger partial charge in [-0.05, 0) is 37.2 Å². The lowest BCUT2D eigenvalue weighted by Gasteiger charge is -2.26. The van der Waals surface area contributed by atoms with Crippen LogP contribution in [0.3, 0.4) is 0 Å². The number of anilines is 1. The second-order valence-corrected chi connectivity index (χ2v) is 10.4. The Bertz CT molecular complexity index is 1540. The number of aromatic nitrogens is 3. The minimum atomic E-state index is -1.05. The van der Waals surface area contributed by atoms with E-state index in [1.807, 2.05) is 47.2 Å². The first-order valence-corrected chi connectivity index (χ1v) is 14.2. The topological polar surface area (TPSA) is 145 Å². The number of aryl methyl sites for hydroxylation is 1. The number of hydrogen-bond donors (Lipinski definition) is 2. The van der Waals surface area contributed by atoms with Gasteiger partial charge >= 0.3 is 5.97 Å². The summed E-state index contributed by atoms with van der Waals surface area (Å²) in [5.74, 6) is 0.595. The normalized spacial score (nSPS) is 11.4. The van der Waals surface area contributed by atoms with E-state index >= 15 is 0 Å². The predicted molar refractivity (Wildman–Crippen MR) is 164 cm³/mol. The maximum Gasteiger partial charge on any atom is 0.341 e. The molecular weight excluding hydrogens is 552 g/mol. The number of rotatable bonds is 17. The number of likely N-dealkylation sites (N-methyl/N-ethyl adjacent to an activating group) is 1. The molecule has 0 atom stereocenters. The molecule has 12 nitrogen and oxygen atoms in total. The summed E-state index contributed by atoms with van der Waals surface area (Å²) in [6.07, 6.45) is 1.26. The van der Waals surface area contributed by atoms with Gasteiger partial charge in [-0.3, -0.25) is 9.69 Å². The first-order chi connectivity index (χ1) is 20.8. The fourth-order valence-electron chi connectivity index (χ4n) is 5.00. The van der Waals surface area contributed by atoms with Crippen molar-refractivity contribution < 1.29 is 28.9 Å². The van der Waals surface area contributed by atoms with E-state index < -0.39 is 12.6 Å². The van der Waals surface area contributed by atoms with Crippen LogP contribution in [0.2, 0.25) is 0 Å². The number of nitrogens with two attached hydrogens (primary N) is 1. The van der Waals surface area contributed by atoms with Gasteiger partial charge in [-0.15, -0.1) is 0 Å². The molecule has 0 aliphatic rings. The fourth-order valence-corrected chi connectivity index (χ4v) is 5.00. The summed E-state index contributed by atoms with van der Waals surface area (Å²) in [5, 5.41) is 9.94. The van der Waals surface area contributed by atoms with Gasteiger partial charge in [-0.25, -0.2) is 14.8 Å². The van der Waals surface area contributed by atoms with Gasteiger partial charge in [0.05, 0.1) is 30.8 Å². The first-order valence-electron chi connectivity index (χ1n) is 14.2. The molecule has 1 amide bonds. The number of carbonyl (C=O) groups is 2. The van der Waals surface area contributed by atoms with E-state index in [2.05, 4.69) is 9.55 Å². The second kappa shape index (κ2) is 15.3. The lowest BCUT2D eigenvalue weighted by molar-refractivity contribution is -0.139. The molecule has 4 rings (SSSR count). The third kappa shape index (κ3) is 8.40. The van der Waals surface area contributed by atoms with Crippen LogP contribution in [0.1, 0.15) is 17.8 Å². The zero-order valence-corrected chi connectivity index (χ0v) is 25.0. The van der Waals surface area contributed by atoms with Crippen LogP contribution in [-0.4, -0.2) is 102 Å². The average molecular weight is 593 g/mol. The Morgan fingerprint density at radius 2 is 1.81 bits per heavy atom. The maximum atomic E-state index is 13.5. The van der Waals surface area contributed by atoms with E-state index in [0.29, 0.717) is 69.3 Å². The van der Waals surface area contributed by atoms with Crippen molar-refractivity contribution in [3.63, 3.8) is 0 Å². The number of carboxylic acids is 1. The Morgan fingerprint density at radius 1 is 1.02 bits per heavy atom. The van der Waals surface area contributed by atoms with Crippen LogP contribution in [-0.2, 0) is 38.6 Å². The summed E-state index contributed by atoms with van der Waals surface area (Å²) in [5.41, 5.74) is 9.57. The van der Waals surface area contributed by atoms with E-state index in [9.17, 15) is 9.59 Å². The fraction of sp³-hybridized carbons (Fsp3) is 0.419. The minimum Gasteiger partial charge on any atom is -0.482 e. The van der Waals surface area contributed by atoms with Crippen molar-refractivity contribution in [2.24, 2.45) is 0 Å². The number of ether oxygens (including phenoxy) is 3. The number of carboxylic acid groups (broad SMARTS) is 1. The molecule has 0 fully saturated rings. The number of nitrogens with zero attached hydrogens (tertiary/aromatic N) is 5. The third-order valence-electron chi connectivity index (χ3n) is 7.10. The number of fused-ring (bicyclic) bond motifs is 3. The third-order valence-corrected chi connectivity index (χ3v) is 7.10. The molecular formula is C31H40N6O6. The monoisotopic (exact) mass is 592 g/mol. The molecule has 2 heterocycles. The van der Waals surface area contributed by atoms with Crippen molar-refractivity contribution in [3.05, 3.63) is 59.9 Å². The van der Waals surface area contributed by atoms with E-state index in [4.69, 9.17) is 30.0 Å². The Balaban J connectivity index is 1.58. The van der Waals surface area contributed by atoms with Crippen LogP contribution in [0.15, 0.2) is 48.5 Å². The van der Waals surface area contributed by atoms with Gasteiger partial charge in [0.1, 0.15) is 17.1 Å². The summed E-state index contributed by atoms with van der Waals surface area (Å²) < 4.78 is 18.0. The minimum absolute atomic E-state index is 0.0237. The maximum absolute atomic E-state index is 13.5. The number of pyridine rings is 1. The molecule has 0 aliphatic carbocycles. The highest BCUT2D eigenvalue weighted by Crippen LogP contribution is 2.29. The smallest absolute Gasteiger partial charge is 0.341 e. The molecule has 4 aromatic rings. The number of benzene rings is 2. The molecule has 0 spiro atoms. The summed E-state index contributed by atoms with van der Waals surface area (Å²) in [6, 6.07) is 15.0. The molecule has 0 radical (unpaired) electrons. The Morgan fingerprint density at radius 3 is 2.58 bits per heavy atom. The number of imidazole rings is 1. The van der Waals surface area contributed by atoms with Crippen molar-refractivity contribution >= 4 is 39.6 Å². The van der Waals surface area contributed by atoms with E-state index in [1.165, 1.54) is 0 Å². The molecule has 0 saturated heterocycles. The molecule has 2 aromatic heterocycles. The lowest BCUT2D eigenvalue weighted by Crippen LogP contribution is -2.40. The van der Waals surface area contributed by atoms with Gasteiger partial charge in [-0.2, -0.15) is 0 Å². The van der Waals surface area contributed by atoms with Gasteiger partial charge < -0.3 is 34.5 Å². The summed E-state index contributed by atoms with van der Waals surface area (Å²) >= 11 is 0. The average Bonchev–Trinajstić information content (AvgIpc) is 3.36. The van der Waals surface area contributed by atoms with Crippen molar-refractivity contribution in [2.75, 3.05) is 66.5 Å². The zero-order valence-electron chi connectivity index (χ0n) is 25.0. The molecule has 3 N–H and O–H groups in total. The van der Waals surface area contributed by atoms with Crippen LogP contribution >= 0.6 is 0 Å². The number of para-hydroxylation sites is 1. The molecule has 0 bridgehead atoms. The van der Waals surface area contributed by atoms with E-state index in [1.54, 1.807) is 32.4 Å². The molecule has 43 heavy (non-hydrogen) atoms. The SMILES string of the molecule is COCCc1nc2c(N)nc3ccccc3c2n1CCCN(Cc1cccc(OCC(=O)O)c1)C(=O)CN(C)CCOC. The summed E-state index contributed by atoms with van der Waals surface area (Å²) in [7, 11) is 5.18. The van der Waals surface area contributed by atoms with Crippen molar-refractivity contribution in [2.45, 2.75) is 25.9 Å². The highest BCUT2D eigenvalue weighted by molar-refractivity contribution is 6.06. The van der Waals surface area contributed by atoms with Gasteiger partial charge in [-0.1, -0.05) is 30.3 Å². The number of hydrogen-bond acceptors (Lipinski definition) is 9. The first kappa shape index (κ1) is 31.7. The van der Waals surface area contributed by atoms with Gasteiger partial charge in [0.25, 0.3) is 0 Å². The molecule has 230 valence electrons. The van der Waals surface area contributed by atoms with Crippen LogP contribution in [0.4, 0.5) is 5.82 Å². The number of carbonyl (C=O) groups excluding carboxylic acids is 1.